The molecule has 0 aliphatic carbocycles. The molecule has 0 fully saturated rings. The van der Waals surface area contributed by atoms with Crippen LogP contribution in [0.25, 0.3) is 6.08 Å². The van der Waals surface area contributed by atoms with Gasteiger partial charge in [0.15, 0.2) is 17.3 Å². The lowest BCUT2D eigenvalue weighted by Crippen LogP contribution is -2.11. The summed E-state index contributed by atoms with van der Waals surface area (Å²) in [5.74, 6) is -0.748. The topological polar surface area (TPSA) is 122 Å². The van der Waals surface area contributed by atoms with E-state index < -0.39 is 11.8 Å². The first kappa shape index (κ1) is 23.6. The molecule has 33 heavy (non-hydrogen) atoms. The van der Waals surface area contributed by atoms with Gasteiger partial charge in [-0.05, 0) is 53.6 Å². The summed E-state index contributed by atoms with van der Waals surface area (Å²) in [6, 6.07) is 16.2. The van der Waals surface area contributed by atoms with E-state index >= 15 is 0 Å². The molecule has 3 aromatic rings. The molecule has 0 aliphatic rings. The molecule has 2 amide bonds. The number of hydrogen-bond donors (Lipinski definition) is 2. The fraction of sp³-hybridized carbons (Fsp3) is 0.0800. The Bertz CT molecular complexity index is 1250. The molecule has 0 heterocycles. The number of allylic oxidation sites excluding steroid dienone is 1. The Labute approximate surface area is 195 Å². The number of halogens is 1. The molecule has 7 nitrogen and oxygen atoms in total. The molecular weight excluding hydrogens is 444 g/mol. The number of carbonyl (C=O) groups is 3. The quantitative estimate of drug-likeness (QED) is 0.366. The molecule has 0 atom stereocenters. The van der Waals surface area contributed by atoms with Crippen molar-refractivity contribution in [1.29, 1.82) is 0 Å². The normalized spacial score (nSPS) is 10.7. The number of nitrogens with two attached hydrogens (primary N) is 2. The standard InChI is InChI=1S/C25H21ClN2O5/c1-32-22-12-15(8-9-21(29)17-5-3-7-19(13-17)25(28)31)11-20(26)23(22)33-14-16-4-2-6-18(10-16)24(27)30/h2-13H,14H2,1H3,(H2,27,30)(H2,28,31). The number of primary amides is 2. The first-order valence-corrected chi connectivity index (χ1v) is 10.2. The molecule has 0 saturated carbocycles. The fourth-order valence-corrected chi connectivity index (χ4v) is 3.31. The van der Waals surface area contributed by atoms with Crippen LogP contribution in [0.3, 0.4) is 0 Å². The molecule has 0 bridgehead atoms. The summed E-state index contributed by atoms with van der Waals surface area (Å²) in [4.78, 5) is 35.1. The van der Waals surface area contributed by atoms with Crippen molar-refractivity contribution >= 4 is 35.3 Å². The van der Waals surface area contributed by atoms with E-state index in [1.54, 1.807) is 54.6 Å². The van der Waals surface area contributed by atoms with Gasteiger partial charge in [-0.15, -0.1) is 0 Å². The van der Waals surface area contributed by atoms with Crippen molar-refractivity contribution in [2.45, 2.75) is 6.61 Å². The van der Waals surface area contributed by atoms with Crippen LogP contribution in [0.1, 0.15) is 42.2 Å². The smallest absolute Gasteiger partial charge is 0.248 e. The molecule has 0 aliphatic heterocycles. The van der Waals surface area contributed by atoms with E-state index in [0.29, 0.717) is 28.2 Å². The van der Waals surface area contributed by atoms with Crippen molar-refractivity contribution in [3.05, 3.63) is 99.6 Å². The summed E-state index contributed by atoms with van der Waals surface area (Å²) >= 11 is 6.40. The zero-order valence-corrected chi connectivity index (χ0v) is 18.5. The van der Waals surface area contributed by atoms with Crippen molar-refractivity contribution in [1.82, 2.24) is 0 Å². The lowest BCUT2D eigenvalue weighted by Gasteiger charge is -2.14. The second-order valence-corrected chi connectivity index (χ2v) is 7.44. The van der Waals surface area contributed by atoms with Crippen LogP contribution in [-0.4, -0.2) is 24.7 Å². The SMILES string of the molecule is COc1cc(C=CC(=O)c2cccc(C(N)=O)c2)cc(Cl)c1OCc1cccc(C(N)=O)c1. The van der Waals surface area contributed by atoms with Gasteiger partial charge in [-0.3, -0.25) is 14.4 Å². The monoisotopic (exact) mass is 464 g/mol. The van der Waals surface area contributed by atoms with Gasteiger partial charge in [-0.2, -0.15) is 0 Å². The molecule has 0 aromatic heterocycles. The van der Waals surface area contributed by atoms with E-state index in [4.69, 9.17) is 32.5 Å². The fourth-order valence-electron chi connectivity index (χ4n) is 3.04. The number of rotatable bonds is 9. The third-order valence-electron chi connectivity index (χ3n) is 4.71. The molecule has 3 rings (SSSR count). The summed E-state index contributed by atoms with van der Waals surface area (Å²) < 4.78 is 11.2. The average Bonchev–Trinajstić information content (AvgIpc) is 2.81. The lowest BCUT2D eigenvalue weighted by atomic mass is 10.1. The summed E-state index contributed by atoms with van der Waals surface area (Å²) in [7, 11) is 1.47. The van der Waals surface area contributed by atoms with Gasteiger partial charge in [0.25, 0.3) is 0 Å². The minimum atomic E-state index is -0.609. The van der Waals surface area contributed by atoms with Gasteiger partial charge < -0.3 is 20.9 Å². The number of amides is 2. The van der Waals surface area contributed by atoms with Crippen molar-refractivity contribution in [3.63, 3.8) is 0 Å². The number of ether oxygens (including phenoxy) is 2. The van der Waals surface area contributed by atoms with Gasteiger partial charge in [0.05, 0.1) is 12.1 Å². The maximum absolute atomic E-state index is 12.5. The van der Waals surface area contributed by atoms with Crippen LogP contribution in [0.4, 0.5) is 0 Å². The second kappa shape index (κ2) is 10.5. The highest BCUT2D eigenvalue weighted by Crippen LogP contribution is 2.37. The van der Waals surface area contributed by atoms with Crippen molar-refractivity contribution in [2.24, 2.45) is 11.5 Å². The third kappa shape index (κ3) is 5.99. The Balaban J connectivity index is 1.78. The number of ketones is 1. The summed E-state index contributed by atoms with van der Waals surface area (Å²) in [6.07, 6.45) is 2.94. The van der Waals surface area contributed by atoms with Gasteiger partial charge in [0.1, 0.15) is 6.61 Å². The Hall–Kier alpha value is -4.10. The number of carbonyl (C=O) groups excluding carboxylic acids is 3. The zero-order chi connectivity index (χ0) is 24.0. The van der Waals surface area contributed by atoms with Gasteiger partial charge >= 0.3 is 0 Å². The highest BCUT2D eigenvalue weighted by Gasteiger charge is 2.13. The van der Waals surface area contributed by atoms with E-state index in [-0.39, 0.29) is 23.0 Å². The lowest BCUT2D eigenvalue weighted by molar-refractivity contribution is 0.0991. The Morgan fingerprint density at radius 1 is 0.909 bits per heavy atom. The number of methoxy groups -OCH3 is 1. The molecule has 0 saturated heterocycles. The Morgan fingerprint density at radius 3 is 2.21 bits per heavy atom. The minimum absolute atomic E-state index is 0.140. The molecule has 3 aromatic carbocycles. The van der Waals surface area contributed by atoms with Crippen LogP contribution in [0.15, 0.2) is 66.7 Å². The highest BCUT2D eigenvalue weighted by molar-refractivity contribution is 6.32. The largest absolute Gasteiger partial charge is 0.493 e. The molecule has 0 radical (unpaired) electrons. The molecule has 0 spiro atoms. The third-order valence-corrected chi connectivity index (χ3v) is 4.99. The van der Waals surface area contributed by atoms with E-state index in [1.165, 1.54) is 25.3 Å². The minimum Gasteiger partial charge on any atom is -0.493 e. The van der Waals surface area contributed by atoms with Gasteiger partial charge in [-0.25, -0.2) is 0 Å². The van der Waals surface area contributed by atoms with E-state index in [1.807, 2.05) is 0 Å². The van der Waals surface area contributed by atoms with Gasteiger partial charge in [-0.1, -0.05) is 41.9 Å². The number of hydrogen-bond acceptors (Lipinski definition) is 5. The maximum atomic E-state index is 12.5. The van der Waals surface area contributed by atoms with Crippen molar-refractivity contribution in [3.8, 4) is 11.5 Å². The second-order valence-electron chi connectivity index (χ2n) is 7.03. The van der Waals surface area contributed by atoms with Crippen LogP contribution in [0.5, 0.6) is 11.5 Å². The Kier molecular flexibility index (Phi) is 7.48. The molecule has 0 unspecified atom stereocenters. The predicted octanol–water partition coefficient (Wildman–Crippen LogP) is 4.02. The van der Waals surface area contributed by atoms with E-state index in [2.05, 4.69) is 0 Å². The van der Waals surface area contributed by atoms with Gasteiger partial charge in [0.2, 0.25) is 11.8 Å². The van der Waals surface area contributed by atoms with Crippen LogP contribution in [-0.2, 0) is 6.61 Å². The summed E-state index contributed by atoms with van der Waals surface area (Å²) in [5, 5.41) is 0.281. The van der Waals surface area contributed by atoms with Crippen LogP contribution in [0.2, 0.25) is 5.02 Å². The first-order valence-electron chi connectivity index (χ1n) is 9.80. The Morgan fingerprint density at radius 2 is 1.55 bits per heavy atom. The zero-order valence-electron chi connectivity index (χ0n) is 17.7. The maximum Gasteiger partial charge on any atom is 0.248 e. The summed E-state index contributed by atoms with van der Waals surface area (Å²) in [5.41, 5.74) is 12.9. The molecule has 8 heteroatoms. The van der Waals surface area contributed by atoms with Crippen molar-refractivity contribution in [2.75, 3.05) is 7.11 Å². The van der Waals surface area contributed by atoms with E-state index in [0.717, 1.165) is 5.56 Å². The molecule has 168 valence electrons. The van der Waals surface area contributed by atoms with Gasteiger partial charge in [0, 0.05) is 16.7 Å². The summed E-state index contributed by atoms with van der Waals surface area (Å²) in [6.45, 7) is 0.140. The van der Waals surface area contributed by atoms with Crippen LogP contribution < -0.4 is 20.9 Å². The molecule has 4 N–H and O–H groups in total. The van der Waals surface area contributed by atoms with E-state index in [9.17, 15) is 14.4 Å². The van der Waals surface area contributed by atoms with Crippen molar-refractivity contribution < 1.29 is 23.9 Å². The molecular formula is C25H21ClN2O5. The first-order chi connectivity index (χ1) is 15.8. The van der Waals surface area contributed by atoms with Crippen LogP contribution in [0, 0.1) is 0 Å². The average molecular weight is 465 g/mol. The highest BCUT2D eigenvalue weighted by atomic mass is 35.5. The predicted molar refractivity (Wildman–Crippen MR) is 126 cm³/mol. The van der Waals surface area contributed by atoms with Crippen LogP contribution >= 0.6 is 11.6 Å². The number of benzene rings is 3.